The molecular formula is C23H21ClN4O2S2. The first-order chi connectivity index (χ1) is 15.4. The number of thiophene rings is 1. The van der Waals surface area contributed by atoms with Crippen LogP contribution in [0.15, 0.2) is 68.9 Å². The summed E-state index contributed by atoms with van der Waals surface area (Å²) >= 11 is 8.57. The smallest absolute Gasteiger partial charge is 0.283 e. The Bertz CT molecular complexity index is 1320. The van der Waals surface area contributed by atoms with Crippen LogP contribution in [0.1, 0.15) is 16.1 Å². The van der Waals surface area contributed by atoms with Crippen LogP contribution < -0.4 is 10.5 Å². The van der Waals surface area contributed by atoms with Crippen molar-refractivity contribution in [1.82, 2.24) is 9.36 Å². The molecule has 6 nitrogen and oxygen atoms in total. The maximum atomic E-state index is 13.5. The number of hydrogen-bond donors (Lipinski definition) is 0. The number of amides is 1. The van der Waals surface area contributed by atoms with Crippen LogP contribution >= 0.6 is 34.7 Å². The minimum absolute atomic E-state index is 0.278. The Morgan fingerprint density at radius 1 is 1.16 bits per heavy atom. The van der Waals surface area contributed by atoms with Crippen LogP contribution in [-0.4, -0.2) is 26.2 Å². The van der Waals surface area contributed by atoms with E-state index in [1.165, 1.54) is 22.2 Å². The number of rotatable bonds is 5. The zero-order valence-corrected chi connectivity index (χ0v) is 20.2. The number of aryl methyl sites for hydroxylation is 1. The summed E-state index contributed by atoms with van der Waals surface area (Å²) in [6.45, 7) is 3.82. The van der Waals surface area contributed by atoms with Crippen molar-refractivity contribution in [3.05, 3.63) is 85.6 Å². The van der Waals surface area contributed by atoms with Crippen molar-refractivity contribution in [2.75, 3.05) is 10.7 Å². The number of anilines is 1. The summed E-state index contributed by atoms with van der Waals surface area (Å²) in [7, 11) is 1.81. The third-order valence-electron chi connectivity index (χ3n) is 5.14. The van der Waals surface area contributed by atoms with E-state index in [2.05, 4.69) is 4.99 Å². The SMILES string of the molecule is Cc1ccsc1/C=C1\N=C(SC/C=C/Cl)N(c2c(C)n(C)n(-c3ccccc3)c2=O)C1=O. The van der Waals surface area contributed by atoms with Gasteiger partial charge in [-0.15, -0.1) is 11.3 Å². The zero-order chi connectivity index (χ0) is 22.8. The molecule has 0 spiro atoms. The number of benzene rings is 1. The van der Waals surface area contributed by atoms with Gasteiger partial charge < -0.3 is 0 Å². The third-order valence-corrected chi connectivity index (χ3v) is 7.18. The van der Waals surface area contributed by atoms with Crippen molar-refractivity contribution in [3.8, 4) is 5.69 Å². The molecule has 0 fully saturated rings. The molecule has 0 saturated carbocycles. The lowest BCUT2D eigenvalue weighted by Crippen LogP contribution is -2.35. The first kappa shape index (κ1) is 22.4. The van der Waals surface area contributed by atoms with Crippen molar-refractivity contribution in [2.24, 2.45) is 12.0 Å². The predicted octanol–water partition coefficient (Wildman–Crippen LogP) is 5.08. The van der Waals surface area contributed by atoms with Crippen LogP contribution in [0.5, 0.6) is 0 Å². The first-order valence-electron chi connectivity index (χ1n) is 9.85. The summed E-state index contributed by atoms with van der Waals surface area (Å²) in [5.74, 6) is 0.206. The van der Waals surface area contributed by atoms with Crippen molar-refractivity contribution in [2.45, 2.75) is 13.8 Å². The molecule has 4 rings (SSSR count). The van der Waals surface area contributed by atoms with E-state index in [0.717, 1.165) is 16.1 Å². The van der Waals surface area contributed by atoms with Gasteiger partial charge >= 0.3 is 0 Å². The van der Waals surface area contributed by atoms with Crippen LogP contribution in [0, 0.1) is 13.8 Å². The molecule has 1 aliphatic rings. The molecular weight excluding hydrogens is 464 g/mol. The van der Waals surface area contributed by atoms with Crippen LogP contribution in [-0.2, 0) is 11.8 Å². The van der Waals surface area contributed by atoms with Gasteiger partial charge in [0.25, 0.3) is 11.5 Å². The Morgan fingerprint density at radius 3 is 2.56 bits per heavy atom. The molecule has 0 saturated heterocycles. The van der Waals surface area contributed by atoms with Gasteiger partial charge in [0, 0.05) is 23.2 Å². The second kappa shape index (κ2) is 9.36. The molecule has 0 aliphatic carbocycles. The number of carbonyl (C=O) groups is 1. The van der Waals surface area contributed by atoms with E-state index in [1.54, 1.807) is 39.9 Å². The Kier molecular flexibility index (Phi) is 6.55. The second-order valence-electron chi connectivity index (χ2n) is 7.12. The molecule has 0 bridgehead atoms. The third kappa shape index (κ3) is 4.01. The molecule has 0 unspecified atom stereocenters. The van der Waals surface area contributed by atoms with E-state index in [-0.39, 0.29) is 11.5 Å². The van der Waals surface area contributed by atoms with Crippen LogP contribution in [0.3, 0.4) is 0 Å². The summed E-state index contributed by atoms with van der Waals surface area (Å²) in [5.41, 5.74) is 4.22. The molecule has 32 heavy (non-hydrogen) atoms. The molecule has 0 radical (unpaired) electrons. The van der Waals surface area contributed by atoms with E-state index in [4.69, 9.17) is 11.6 Å². The monoisotopic (exact) mass is 484 g/mol. The lowest BCUT2D eigenvalue weighted by atomic mass is 10.2. The summed E-state index contributed by atoms with van der Waals surface area (Å²) in [6.07, 6.45) is 3.55. The minimum atomic E-state index is -0.318. The first-order valence-corrected chi connectivity index (χ1v) is 12.1. The highest BCUT2D eigenvalue weighted by molar-refractivity contribution is 8.14. The minimum Gasteiger partial charge on any atom is -0.283 e. The van der Waals surface area contributed by atoms with Gasteiger partial charge in [0.15, 0.2) is 5.17 Å². The van der Waals surface area contributed by atoms with Gasteiger partial charge in [-0.1, -0.05) is 47.6 Å². The molecule has 1 amide bonds. The van der Waals surface area contributed by atoms with E-state index >= 15 is 0 Å². The predicted molar refractivity (Wildman–Crippen MR) is 135 cm³/mol. The molecule has 164 valence electrons. The summed E-state index contributed by atoms with van der Waals surface area (Å²) < 4.78 is 3.32. The largest absolute Gasteiger partial charge is 0.296 e. The second-order valence-corrected chi connectivity index (χ2v) is 9.30. The van der Waals surface area contributed by atoms with Crippen LogP contribution in [0.2, 0.25) is 0 Å². The van der Waals surface area contributed by atoms with Gasteiger partial charge in [0.1, 0.15) is 11.4 Å². The van der Waals surface area contributed by atoms with Crippen LogP contribution in [0.25, 0.3) is 11.8 Å². The summed E-state index contributed by atoms with van der Waals surface area (Å²) in [5, 5.41) is 2.43. The average Bonchev–Trinajstić information content (AvgIpc) is 3.39. The maximum Gasteiger partial charge on any atom is 0.296 e. The number of thioether (sulfide) groups is 1. The molecule has 1 aliphatic heterocycles. The number of amidine groups is 1. The average molecular weight is 485 g/mol. The Balaban J connectivity index is 1.84. The van der Waals surface area contributed by atoms with Gasteiger partial charge in [0.05, 0.1) is 11.4 Å². The van der Waals surface area contributed by atoms with E-state index in [1.807, 2.05) is 55.6 Å². The number of carbonyl (C=O) groups excluding carboxylic acids is 1. The highest BCUT2D eigenvalue weighted by Gasteiger charge is 2.36. The lowest BCUT2D eigenvalue weighted by Gasteiger charge is -2.15. The van der Waals surface area contributed by atoms with Crippen molar-refractivity contribution in [3.63, 3.8) is 0 Å². The van der Waals surface area contributed by atoms with Crippen LogP contribution in [0.4, 0.5) is 5.69 Å². The maximum absolute atomic E-state index is 13.5. The van der Waals surface area contributed by atoms with Gasteiger partial charge in [-0.05, 0) is 49.1 Å². The number of nitrogens with zero attached hydrogens (tertiary/aromatic N) is 4. The van der Waals surface area contributed by atoms with Crippen molar-refractivity contribution < 1.29 is 4.79 Å². The Labute approximate surface area is 199 Å². The topological polar surface area (TPSA) is 59.6 Å². The number of aromatic nitrogens is 2. The summed E-state index contributed by atoms with van der Waals surface area (Å²) in [6, 6.07) is 11.3. The van der Waals surface area contributed by atoms with Crippen molar-refractivity contribution >= 4 is 57.5 Å². The Hall–Kier alpha value is -2.81. The zero-order valence-electron chi connectivity index (χ0n) is 17.8. The molecule has 3 aromatic rings. The highest BCUT2D eigenvalue weighted by atomic mass is 35.5. The number of para-hydroxylation sites is 1. The number of hydrogen-bond acceptors (Lipinski definition) is 5. The molecule has 0 atom stereocenters. The fraction of sp³-hybridized carbons (Fsp3) is 0.174. The molecule has 3 heterocycles. The van der Waals surface area contributed by atoms with E-state index in [0.29, 0.717) is 28.0 Å². The molecule has 0 N–H and O–H groups in total. The van der Waals surface area contributed by atoms with E-state index in [9.17, 15) is 9.59 Å². The Morgan fingerprint density at radius 2 is 1.91 bits per heavy atom. The number of aliphatic imine (C=N–C) groups is 1. The molecule has 1 aromatic carbocycles. The summed E-state index contributed by atoms with van der Waals surface area (Å²) in [4.78, 5) is 34.0. The quantitative estimate of drug-likeness (QED) is 0.474. The molecule has 2 aromatic heterocycles. The normalized spacial score (nSPS) is 15.4. The van der Waals surface area contributed by atoms with Gasteiger partial charge in [0.2, 0.25) is 0 Å². The highest BCUT2D eigenvalue weighted by Crippen LogP contribution is 2.31. The fourth-order valence-corrected chi connectivity index (χ4v) is 5.27. The van der Waals surface area contributed by atoms with E-state index < -0.39 is 0 Å². The number of halogens is 1. The lowest BCUT2D eigenvalue weighted by molar-refractivity contribution is -0.113. The standard InChI is InChI=1S/C23H21ClN4O2S2/c1-15-10-13-31-19(15)14-18-21(29)27(23(25-18)32-12-7-11-24)20-16(2)26(3)28(22(20)30)17-8-5-4-6-9-17/h4-11,13-14H,12H2,1-3H3/b11-7+,18-14-. The fourth-order valence-electron chi connectivity index (χ4n) is 3.42. The van der Waals surface area contributed by atoms with Crippen molar-refractivity contribution in [1.29, 1.82) is 0 Å². The molecule has 9 heteroatoms. The van der Waals surface area contributed by atoms with Gasteiger partial charge in [-0.25, -0.2) is 14.6 Å². The van der Waals surface area contributed by atoms with Gasteiger partial charge in [-0.2, -0.15) is 0 Å². The van der Waals surface area contributed by atoms with Gasteiger partial charge in [-0.3, -0.25) is 14.3 Å².